The molecule has 0 aromatic rings. The van der Waals surface area contributed by atoms with Gasteiger partial charge in [-0.2, -0.15) is 0 Å². The van der Waals surface area contributed by atoms with Gasteiger partial charge in [0, 0.05) is 18.5 Å². The molecule has 0 radical (unpaired) electrons. The van der Waals surface area contributed by atoms with Gasteiger partial charge in [-0.15, -0.1) is 0 Å². The third-order valence-corrected chi connectivity index (χ3v) is 3.17. The monoisotopic (exact) mass is 191 g/mol. The molecule has 2 aliphatic rings. The van der Waals surface area contributed by atoms with Crippen molar-refractivity contribution in [3.05, 3.63) is 0 Å². The number of hydrogen-bond donors (Lipinski definition) is 1. The molecule has 3 atom stereocenters. The van der Waals surface area contributed by atoms with Crippen molar-refractivity contribution < 1.29 is 18.7 Å². The minimum atomic E-state index is -2.29. The second-order valence-corrected chi connectivity index (χ2v) is 3.82. The van der Waals surface area contributed by atoms with Crippen molar-refractivity contribution in [2.24, 2.45) is 11.8 Å². The van der Waals surface area contributed by atoms with Crippen LogP contribution in [0, 0.1) is 11.8 Å². The first kappa shape index (κ1) is 8.72. The van der Waals surface area contributed by atoms with Crippen LogP contribution in [-0.4, -0.2) is 35.1 Å². The summed E-state index contributed by atoms with van der Waals surface area (Å²) in [6.45, 7) is 0.301. The van der Waals surface area contributed by atoms with E-state index in [9.17, 15) is 13.6 Å². The van der Waals surface area contributed by atoms with Gasteiger partial charge in [0.25, 0.3) is 0 Å². The molecule has 1 saturated heterocycles. The van der Waals surface area contributed by atoms with Crippen LogP contribution in [0.2, 0.25) is 0 Å². The van der Waals surface area contributed by atoms with Crippen molar-refractivity contribution >= 4 is 6.09 Å². The minimum Gasteiger partial charge on any atom is -0.465 e. The van der Waals surface area contributed by atoms with Crippen LogP contribution >= 0.6 is 0 Å². The number of likely N-dealkylation sites (tertiary alicyclic amines) is 1. The molecule has 2 bridgehead atoms. The maximum atomic E-state index is 12.4. The molecule has 74 valence electrons. The van der Waals surface area contributed by atoms with Gasteiger partial charge in [-0.25, -0.2) is 13.6 Å². The summed E-state index contributed by atoms with van der Waals surface area (Å²) in [5, 5.41) is 8.70. The number of carboxylic acid groups (broad SMARTS) is 1. The van der Waals surface area contributed by atoms with E-state index in [1.54, 1.807) is 0 Å². The Bertz CT molecular complexity index is 234. The highest BCUT2D eigenvalue weighted by molar-refractivity contribution is 5.66. The zero-order valence-electron chi connectivity index (χ0n) is 6.99. The van der Waals surface area contributed by atoms with E-state index in [0.29, 0.717) is 19.4 Å². The van der Waals surface area contributed by atoms with Crippen LogP contribution in [0.5, 0.6) is 0 Å². The molecule has 5 heteroatoms. The molecule has 1 amide bonds. The van der Waals surface area contributed by atoms with Gasteiger partial charge in [-0.3, -0.25) is 0 Å². The fraction of sp³-hybridized carbons (Fsp3) is 0.875. The molecule has 1 aliphatic carbocycles. The third-order valence-electron chi connectivity index (χ3n) is 3.17. The third kappa shape index (κ3) is 1.26. The van der Waals surface area contributed by atoms with Crippen LogP contribution in [0.25, 0.3) is 0 Å². The van der Waals surface area contributed by atoms with Crippen LogP contribution in [0.3, 0.4) is 0 Å². The number of rotatable bonds is 1. The lowest BCUT2D eigenvalue weighted by molar-refractivity contribution is 0.0297. The van der Waals surface area contributed by atoms with Gasteiger partial charge in [0.15, 0.2) is 0 Å². The molecule has 1 heterocycles. The summed E-state index contributed by atoms with van der Waals surface area (Å²) in [7, 11) is 0. The number of amides is 1. The molecule has 2 rings (SSSR count). The van der Waals surface area contributed by atoms with Gasteiger partial charge in [0.2, 0.25) is 6.43 Å². The Kier molecular flexibility index (Phi) is 1.89. The lowest BCUT2D eigenvalue weighted by atomic mass is 9.95. The number of fused-ring (bicyclic) bond motifs is 2. The van der Waals surface area contributed by atoms with Crippen molar-refractivity contribution in [2.75, 3.05) is 6.54 Å². The quantitative estimate of drug-likeness (QED) is 0.684. The molecule has 2 fully saturated rings. The number of alkyl halides is 2. The molecule has 1 saturated carbocycles. The van der Waals surface area contributed by atoms with Gasteiger partial charge < -0.3 is 10.0 Å². The highest BCUT2D eigenvalue weighted by Gasteiger charge is 2.49. The van der Waals surface area contributed by atoms with Crippen LogP contribution in [0.15, 0.2) is 0 Å². The molecule has 0 spiro atoms. The number of piperidine rings is 1. The Labute approximate surface area is 74.3 Å². The summed E-state index contributed by atoms with van der Waals surface area (Å²) in [6.07, 6.45) is -2.29. The summed E-state index contributed by atoms with van der Waals surface area (Å²) in [5.41, 5.74) is 0. The van der Waals surface area contributed by atoms with E-state index in [2.05, 4.69) is 0 Å². The Morgan fingerprint density at radius 3 is 2.54 bits per heavy atom. The summed E-state index contributed by atoms with van der Waals surface area (Å²) in [4.78, 5) is 11.9. The van der Waals surface area contributed by atoms with Crippen molar-refractivity contribution in [3.8, 4) is 0 Å². The van der Waals surface area contributed by atoms with E-state index in [1.165, 1.54) is 4.90 Å². The summed E-state index contributed by atoms with van der Waals surface area (Å²) in [5.74, 6) is -0.679. The molecule has 13 heavy (non-hydrogen) atoms. The zero-order valence-corrected chi connectivity index (χ0v) is 6.99. The SMILES string of the molecule is O=C(O)N1CC2CC1CC2C(F)F. The smallest absolute Gasteiger partial charge is 0.407 e. The Balaban J connectivity index is 2.03. The van der Waals surface area contributed by atoms with Crippen molar-refractivity contribution in [3.63, 3.8) is 0 Å². The minimum absolute atomic E-state index is 0.110. The first-order chi connectivity index (χ1) is 6.09. The van der Waals surface area contributed by atoms with Gasteiger partial charge in [-0.1, -0.05) is 0 Å². The summed E-state index contributed by atoms with van der Waals surface area (Å²) < 4.78 is 24.7. The van der Waals surface area contributed by atoms with E-state index in [0.717, 1.165) is 0 Å². The summed E-state index contributed by atoms with van der Waals surface area (Å²) >= 11 is 0. The second kappa shape index (κ2) is 2.82. The lowest BCUT2D eigenvalue weighted by Gasteiger charge is -2.28. The standard InChI is InChI=1S/C8H11F2NO2/c9-7(10)6-2-5-1-4(6)3-11(5)8(12)13/h4-7H,1-3H2,(H,12,13). The number of carbonyl (C=O) groups is 1. The largest absolute Gasteiger partial charge is 0.465 e. The second-order valence-electron chi connectivity index (χ2n) is 3.82. The number of nitrogens with zero attached hydrogens (tertiary/aromatic N) is 1. The average molecular weight is 191 g/mol. The molecular weight excluding hydrogens is 180 g/mol. The molecule has 0 aromatic heterocycles. The Morgan fingerprint density at radius 2 is 2.15 bits per heavy atom. The molecule has 3 nitrogen and oxygen atoms in total. The fourth-order valence-corrected chi connectivity index (χ4v) is 2.54. The molecule has 3 unspecified atom stereocenters. The van der Waals surface area contributed by atoms with Gasteiger partial charge >= 0.3 is 6.09 Å². The van der Waals surface area contributed by atoms with Crippen LogP contribution < -0.4 is 0 Å². The average Bonchev–Trinajstić information content (AvgIpc) is 2.60. The first-order valence-corrected chi connectivity index (χ1v) is 4.37. The lowest BCUT2D eigenvalue weighted by Crippen LogP contribution is -2.40. The topological polar surface area (TPSA) is 40.5 Å². The van der Waals surface area contributed by atoms with Crippen LogP contribution in [0.4, 0.5) is 13.6 Å². The maximum absolute atomic E-state index is 12.4. The predicted octanol–water partition coefficient (Wildman–Crippen LogP) is 1.64. The van der Waals surface area contributed by atoms with E-state index in [4.69, 9.17) is 5.11 Å². The van der Waals surface area contributed by atoms with E-state index in [1.807, 2.05) is 0 Å². The summed E-state index contributed by atoms with van der Waals surface area (Å²) in [6, 6.07) is -0.151. The Morgan fingerprint density at radius 1 is 1.46 bits per heavy atom. The van der Waals surface area contributed by atoms with E-state index in [-0.39, 0.29) is 12.0 Å². The van der Waals surface area contributed by atoms with E-state index < -0.39 is 18.4 Å². The van der Waals surface area contributed by atoms with Crippen molar-refractivity contribution in [2.45, 2.75) is 25.3 Å². The van der Waals surface area contributed by atoms with Gasteiger partial charge in [0.05, 0.1) is 0 Å². The van der Waals surface area contributed by atoms with Crippen LogP contribution in [0.1, 0.15) is 12.8 Å². The zero-order chi connectivity index (χ0) is 9.59. The fourth-order valence-electron chi connectivity index (χ4n) is 2.54. The van der Waals surface area contributed by atoms with Gasteiger partial charge in [-0.05, 0) is 18.8 Å². The van der Waals surface area contributed by atoms with Crippen molar-refractivity contribution in [1.82, 2.24) is 4.90 Å². The first-order valence-electron chi connectivity index (χ1n) is 4.37. The number of halogens is 2. The predicted molar refractivity (Wildman–Crippen MR) is 40.7 cm³/mol. The molecular formula is C8H11F2NO2. The highest BCUT2D eigenvalue weighted by atomic mass is 19.3. The normalized spacial score (nSPS) is 37.5. The maximum Gasteiger partial charge on any atom is 0.407 e. The van der Waals surface area contributed by atoms with E-state index >= 15 is 0 Å². The van der Waals surface area contributed by atoms with Gasteiger partial charge in [0.1, 0.15) is 0 Å². The molecule has 1 N–H and O–H groups in total. The van der Waals surface area contributed by atoms with Crippen LogP contribution in [-0.2, 0) is 0 Å². The van der Waals surface area contributed by atoms with Crippen molar-refractivity contribution in [1.29, 1.82) is 0 Å². The molecule has 1 aliphatic heterocycles. The Hall–Kier alpha value is -0.870. The number of hydrogen-bond acceptors (Lipinski definition) is 1. The highest BCUT2D eigenvalue weighted by Crippen LogP contribution is 2.44. The molecule has 0 aromatic carbocycles.